The van der Waals surface area contributed by atoms with Crippen molar-refractivity contribution in [3.8, 4) is 27.6 Å². The topological polar surface area (TPSA) is 66.0 Å². The Morgan fingerprint density at radius 1 is 1.00 bits per heavy atom. The van der Waals surface area contributed by atoms with E-state index in [-0.39, 0.29) is 11.3 Å². The molecule has 4 rings (SSSR count). The van der Waals surface area contributed by atoms with Crippen LogP contribution in [0.1, 0.15) is 0 Å². The van der Waals surface area contributed by atoms with Crippen LogP contribution in [0.5, 0.6) is 5.75 Å². The van der Waals surface area contributed by atoms with Crippen molar-refractivity contribution in [2.24, 2.45) is 0 Å². The number of fused-ring (bicyclic) bond motifs is 1. The average Bonchev–Trinajstić information content (AvgIpc) is 3.01. The Labute approximate surface area is 135 Å². The summed E-state index contributed by atoms with van der Waals surface area (Å²) in [4.78, 5) is 21.3. The Hall–Kier alpha value is -2.92. The highest BCUT2D eigenvalue weighted by molar-refractivity contribution is 7.21. The summed E-state index contributed by atoms with van der Waals surface area (Å²) in [6.07, 6.45) is 0. The van der Waals surface area contributed by atoms with Gasteiger partial charge in [0, 0.05) is 4.88 Å². The SMILES string of the molecule is O=c1[nH]c(-c2ccccc2O)nc2sc(-c3ccccc3)cc12. The number of aromatic hydroxyl groups is 1. The van der Waals surface area contributed by atoms with Crippen molar-refractivity contribution in [3.05, 3.63) is 71.0 Å². The summed E-state index contributed by atoms with van der Waals surface area (Å²) in [7, 11) is 0. The predicted octanol–water partition coefficient (Wildman–Crippen LogP) is 4.02. The summed E-state index contributed by atoms with van der Waals surface area (Å²) in [5.74, 6) is 0.469. The molecule has 4 aromatic rings. The van der Waals surface area contributed by atoms with E-state index in [0.29, 0.717) is 21.6 Å². The van der Waals surface area contributed by atoms with Gasteiger partial charge < -0.3 is 10.1 Å². The zero-order chi connectivity index (χ0) is 15.8. The van der Waals surface area contributed by atoms with Crippen molar-refractivity contribution in [1.82, 2.24) is 9.97 Å². The monoisotopic (exact) mass is 320 g/mol. The van der Waals surface area contributed by atoms with Gasteiger partial charge in [-0.25, -0.2) is 4.98 Å². The van der Waals surface area contributed by atoms with E-state index in [2.05, 4.69) is 9.97 Å². The first-order valence-corrected chi connectivity index (χ1v) is 7.92. The Bertz CT molecular complexity index is 1050. The van der Waals surface area contributed by atoms with Gasteiger partial charge in [0.15, 0.2) is 0 Å². The number of rotatable bonds is 2. The molecule has 0 spiro atoms. The van der Waals surface area contributed by atoms with Crippen LogP contribution < -0.4 is 5.56 Å². The molecular formula is C18H12N2O2S. The van der Waals surface area contributed by atoms with E-state index in [1.54, 1.807) is 24.3 Å². The molecule has 2 aromatic heterocycles. The molecule has 112 valence electrons. The van der Waals surface area contributed by atoms with Crippen LogP contribution >= 0.6 is 11.3 Å². The molecule has 23 heavy (non-hydrogen) atoms. The van der Waals surface area contributed by atoms with Crippen molar-refractivity contribution in [2.75, 3.05) is 0 Å². The Morgan fingerprint density at radius 3 is 2.52 bits per heavy atom. The van der Waals surface area contributed by atoms with Crippen LogP contribution in [0.3, 0.4) is 0 Å². The molecule has 0 aliphatic rings. The summed E-state index contributed by atoms with van der Waals surface area (Å²) >= 11 is 1.47. The molecule has 5 heteroatoms. The molecule has 0 radical (unpaired) electrons. The maximum Gasteiger partial charge on any atom is 0.259 e. The number of thiophene rings is 1. The summed E-state index contributed by atoms with van der Waals surface area (Å²) in [5.41, 5.74) is 1.37. The van der Waals surface area contributed by atoms with E-state index < -0.39 is 0 Å². The van der Waals surface area contributed by atoms with Crippen molar-refractivity contribution < 1.29 is 5.11 Å². The lowest BCUT2D eigenvalue weighted by Gasteiger charge is -2.02. The molecule has 4 nitrogen and oxygen atoms in total. The zero-order valence-corrected chi connectivity index (χ0v) is 12.8. The third-order valence-electron chi connectivity index (χ3n) is 3.62. The number of phenols is 1. The van der Waals surface area contributed by atoms with Gasteiger partial charge in [-0.3, -0.25) is 4.79 Å². The summed E-state index contributed by atoms with van der Waals surface area (Å²) in [6, 6.07) is 18.6. The van der Waals surface area contributed by atoms with Crippen molar-refractivity contribution in [3.63, 3.8) is 0 Å². The van der Waals surface area contributed by atoms with E-state index in [1.165, 1.54) is 11.3 Å². The molecule has 0 saturated carbocycles. The van der Waals surface area contributed by atoms with Crippen LogP contribution in [0, 0.1) is 0 Å². The second kappa shape index (κ2) is 5.37. The number of H-pyrrole nitrogens is 1. The second-order valence-electron chi connectivity index (χ2n) is 5.13. The van der Waals surface area contributed by atoms with Gasteiger partial charge in [-0.1, -0.05) is 42.5 Å². The molecule has 2 N–H and O–H groups in total. The van der Waals surface area contributed by atoms with E-state index in [9.17, 15) is 9.90 Å². The lowest BCUT2D eigenvalue weighted by atomic mass is 10.2. The van der Waals surface area contributed by atoms with Gasteiger partial charge in [-0.05, 0) is 23.8 Å². The van der Waals surface area contributed by atoms with Crippen LogP contribution in [0.25, 0.3) is 32.0 Å². The highest BCUT2D eigenvalue weighted by Gasteiger charge is 2.12. The quantitative estimate of drug-likeness (QED) is 0.586. The molecule has 0 atom stereocenters. The number of aromatic nitrogens is 2. The van der Waals surface area contributed by atoms with Crippen molar-refractivity contribution in [2.45, 2.75) is 0 Å². The highest BCUT2D eigenvalue weighted by atomic mass is 32.1. The fourth-order valence-corrected chi connectivity index (χ4v) is 3.52. The van der Waals surface area contributed by atoms with E-state index in [4.69, 9.17) is 0 Å². The molecule has 0 bridgehead atoms. The molecule has 0 amide bonds. The Balaban J connectivity index is 1.92. The van der Waals surface area contributed by atoms with Crippen LogP contribution in [-0.4, -0.2) is 15.1 Å². The van der Waals surface area contributed by atoms with E-state index in [0.717, 1.165) is 10.4 Å². The first-order valence-electron chi connectivity index (χ1n) is 7.10. The zero-order valence-electron chi connectivity index (χ0n) is 12.0. The molecule has 0 saturated heterocycles. The molecule has 2 heterocycles. The minimum atomic E-state index is -0.202. The van der Waals surface area contributed by atoms with Gasteiger partial charge in [0.2, 0.25) is 0 Å². The van der Waals surface area contributed by atoms with Gasteiger partial charge in [0.1, 0.15) is 16.4 Å². The standard InChI is InChI=1S/C18H12N2O2S/c21-14-9-5-4-8-12(14)16-19-17(22)13-10-15(23-18(13)20-16)11-6-2-1-3-7-11/h1-10,21H,(H,19,20,22). The molecular weight excluding hydrogens is 308 g/mol. The van der Waals surface area contributed by atoms with Crippen LogP contribution in [0.4, 0.5) is 0 Å². The lowest BCUT2D eigenvalue weighted by molar-refractivity contribution is 0.477. The largest absolute Gasteiger partial charge is 0.507 e. The van der Waals surface area contributed by atoms with E-state index >= 15 is 0 Å². The molecule has 2 aromatic carbocycles. The minimum Gasteiger partial charge on any atom is -0.507 e. The van der Waals surface area contributed by atoms with Gasteiger partial charge in [0.05, 0.1) is 10.9 Å². The number of benzene rings is 2. The van der Waals surface area contributed by atoms with Gasteiger partial charge >= 0.3 is 0 Å². The Kier molecular flexibility index (Phi) is 3.20. The number of hydrogen-bond donors (Lipinski definition) is 2. The third-order valence-corrected chi connectivity index (χ3v) is 4.70. The first kappa shape index (κ1) is 13.7. The van der Waals surface area contributed by atoms with Crippen molar-refractivity contribution >= 4 is 21.6 Å². The maximum absolute atomic E-state index is 12.4. The van der Waals surface area contributed by atoms with Crippen LogP contribution in [0.2, 0.25) is 0 Å². The van der Waals surface area contributed by atoms with Crippen molar-refractivity contribution in [1.29, 1.82) is 0 Å². The van der Waals surface area contributed by atoms with Crippen LogP contribution in [-0.2, 0) is 0 Å². The fraction of sp³-hybridized carbons (Fsp3) is 0. The Morgan fingerprint density at radius 2 is 1.74 bits per heavy atom. The van der Waals surface area contributed by atoms with E-state index in [1.807, 2.05) is 36.4 Å². The molecule has 0 fully saturated rings. The lowest BCUT2D eigenvalue weighted by Crippen LogP contribution is -2.07. The minimum absolute atomic E-state index is 0.0924. The summed E-state index contributed by atoms with van der Waals surface area (Å²) in [6.45, 7) is 0. The average molecular weight is 320 g/mol. The number of nitrogens with zero attached hydrogens (tertiary/aromatic N) is 1. The van der Waals surface area contributed by atoms with Gasteiger partial charge in [-0.15, -0.1) is 11.3 Å². The molecule has 0 aliphatic heterocycles. The smallest absolute Gasteiger partial charge is 0.259 e. The first-order chi connectivity index (χ1) is 11.2. The number of para-hydroxylation sites is 1. The number of phenolic OH excluding ortho intramolecular Hbond substituents is 1. The molecule has 0 unspecified atom stereocenters. The maximum atomic E-state index is 12.4. The summed E-state index contributed by atoms with van der Waals surface area (Å²) in [5, 5.41) is 10.5. The normalized spacial score (nSPS) is 11.0. The van der Waals surface area contributed by atoms with Gasteiger partial charge in [0.25, 0.3) is 5.56 Å². The van der Waals surface area contributed by atoms with Gasteiger partial charge in [-0.2, -0.15) is 0 Å². The highest BCUT2D eigenvalue weighted by Crippen LogP contribution is 2.32. The third kappa shape index (κ3) is 2.41. The number of nitrogens with one attached hydrogen (secondary N) is 1. The fourth-order valence-electron chi connectivity index (χ4n) is 2.48. The predicted molar refractivity (Wildman–Crippen MR) is 92.8 cm³/mol. The summed E-state index contributed by atoms with van der Waals surface area (Å²) < 4.78 is 0. The second-order valence-corrected chi connectivity index (χ2v) is 6.16. The molecule has 0 aliphatic carbocycles. The number of aromatic amines is 1. The van der Waals surface area contributed by atoms with Crippen LogP contribution in [0.15, 0.2) is 65.5 Å². The number of hydrogen-bond acceptors (Lipinski definition) is 4.